The molecule has 0 radical (unpaired) electrons. The van der Waals surface area contributed by atoms with Gasteiger partial charge in [-0.25, -0.2) is 0 Å². The smallest absolute Gasteiger partial charge is 0.260 e. The monoisotopic (exact) mass is 385 g/mol. The van der Waals surface area contributed by atoms with Gasteiger partial charge in [-0.15, -0.1) is 0 Å². The van der Waals surface area contributed by atoms with E-state index < -0.39 is 0 Å². The molecule has 2 aliphatic heterocycles. The molecule has 4 heteroatoms. The molecule has 0 spiro atoms. The molecule has 0 saturated carbocycles. The Morgan fingerprint density at radius 1 is 1.10 bits per heavy atom. The Labute approximate surface area is 171 Å². The fourth-order valence-corrected chi connectivity index (χ4v) is 4.82. The van der Waals surface area contributed by atoms with Gasteiger partial charge >= 0.3 is 0 Å². The molecule has 0 unspecified atom stereocenters. The zero-order chi connectivity index (χ0) is 20.0. The molecule has 4 nitrogen and oxygen atoms in total. The highest BCUT2D eigenvalue weighted by Crippen LogP contribution is 2.39. The van der Waals surface area contributed by atoms with Crippen LogP contribution in [0.15, 0.2) is 54.7 Å². The maximum atomic E-state index is 13.5. The molecule has 5 rings (SSSR count). The molecular formula is C25H27N3O. The minimum atomic E-state index is 0.0971. The Morgan fingerprint density at radius 2 is 1.90 bits per heavy atom. The summed E-state index contributed by atoms with van der Waals surface area (Å²) in [5.74, 6) is 0.0971. The average Bonchev–Trinajstić information content (AvgIpc) is 3.23. The molecule has 1 amide bonds. The number of likely N-dealkylation sites (tertiary alicyclic amines) is 1. The van der Waals surface area contributed by atoms with Crippen LogP contribution in [0.3, 0.4) is 0 Å². The summed E-state index contributed by atoms with van der Waals surface area (Å²) in [6.07, 6.45) is 6.47. The second-order valence-electron chi connectivity index (χ2n) is 9.06. The number of benzene rings is 2. The maximum Gasteiger partial charge on any atom is 0.260 e. The van der Waals surface area contributed by atoms with Crippen LogP contribution in [0, 0.1) is 5.41 Å². The standard InChI is InChI=1S/C25H27N3O/c1-25(2)12-7-13-27(16-25)17-28-23-11-6-4-9-20(23)21(24(28)29)14-18-15-26-22-10-5-3-8-19(18)22/h3-6,8-11,14-15,26H,7,12-13,16-17H2,1-2H3/b21-14+. The lowest BCUT2D eigenvalue weighted by molar-refractivity contribution is -0.113. The molecule has 1 N–H and O–H groups in total. The predicted molar refractivity (Wildman–Crippen MR) is 120 cm³/mol. The van der Waals surface area contributed by atoms with E-state index in [1.165, 1.54) is 12.8 Å². The third-order valence-electron chi connectivity index (χ3n) is 6.20. The highest BCUT2D eigenvalue weighted by atomic mass is 16.2. The number of amides is 1. The summed E-state index contributed by atoms with van der Waals surface area (Å²) in [4.78, 5) is 21.2. The van der Waals surface area contributed by atoms with Crippen molar-refractivity contribution in [1.82, 2.24) is 9.88 Å². The second kappa shape index (κ2) is 6.89. The number of carbonyl (C=O) groups is 1. The van der Waals surface area contributed by atoms with Crippen LogP contribution in [0.1, 0.15) is 37.8 Å². The Balaban J connectivity index is 1.51. The number of aromatic amines is 1. The van der Waals surface area contributed by atoms with Crippen molar-refractivity contribution in [2.24, 2.45) is 5.41 Å². The number of nitrogens with zero attached hydrogens (tertiary/aromatic N) is 2. The number of aromatic nitrogens is 1. The fraction of sp³-hybridized carbons (Fsp3) is 0.320. The minimum Gasteiger partial charge on any atom is -0.361 e. The van der Waals surface area contributed by atoms with E-state index in [0.29, 0.717) is 12.1 Å². The van der Waals surface area contributed by atoms with Crippen LogP contribution in [-0.4, -0.2) is 35.5 Å². The van der Waals surface area contributed by atoms with Crippen LogP contribution >= 0.6 is 0 Å². The predicted octanol–water partition coefficient (Wildman–Crippen LogP) is 5.13. The third kappa shape index (κ3) is 3.28. The van der Waals surface area contributed by atoms with Gasteiger partial charge in [0.05, 0.1) is 12.4 Å². The third-order valence-corrected chi connectivity index (χ3v) is 6.20. The van der Waals surface area contributed by atoms with E-state index in [0.717, 1.165) is 46.4 Å². The van der Waals surface area contributed by atoms with Crippen molar-refractivity contribution in [2.45, 2.75) is 26.7 Å². The first-order chi connectivity index (χ1) is 14.0. The van der Waals surface area contributed by atoms with E-state index in [2.05, 4.69) is 48.0 Å². The number of hydrogen-bond donors (Lipinski definition) is 1. The van der Waals surface area contributed by atoms with E-state index in [9.17, 15) is 4.79 Å². The molecule has 2 aliphatic rings. The molecule has 2 aromatic carbocycles. The summed E-state index contributed by atoms with van der Waals surface area (Å²) in [6, 6.07) is 16.4. The minimum absolute atomic E-state index is 0.0971. The van der Waals surface area contributed by atoms with Crippen molar-refractivity contribution in [2.75, 3.05) is 24.7 Å². The summed E-state index contributed by atoms with van der Waals surface area (Å²) < 4.78 is 0. The highest BCUT2D eigenvalue weighted by molar-refractivity contribution is 6.36. The van der Waals surface area contributed by atoms with Gasteiger partial charge in [-0.2, -0.15) is 0 Å². The molecule has 1 aromatic heterocycles. The second-order valence-corrected chi connectivity index (χ2v) is 9.06. The molecule has 3 aromatic rings. The Kier molecular flexibility index (Phi) is 4.32. The van der Waals surface area contributed by atoms with Crippen molar-refractivity contribution in [1.29, 1.82) is 0 Å². The number of H-pyrrole nitrogens is 1. The number of carbonyl (C=O) groups excluding carboxylic acids is 1. The van der Waals surface area contributed by atoms with Gasteiger partial charge in [-0.05, 0) is 43.0 Å². The van der Waals surface area contributed by atoms with Gasteiger partial charge < -0.3 is 4.98 Å². The number of para-hydroxylation sites is 2. The molecular weight excluding hydrogens is 358 g/mol. The van der Waals surface area contributed by atoms with Crippen molar-refractivity contribution < 1.29 is 4.79 Å². The van der Waals surface area contributed by atoms with Crippen LogP contribution in [0.4, 0.5) is 5.69 Å². The van der Waals surface area contributed by atoms with Crippen molar-refractivity contribution in [3.63, 3.8) is 0 Å². The quantitative estimate of drug-likeness (QED) is 0.635. The Bertz CT molecular complexity index is 1110. The molecule has 148 valence electrons. The first-order valence-corrected chi connectivity index (χ1v) is 10.4. The van der Waals surface area contributed by atoms with Crippen molar-refractivity contribution in [3.05, 3.63) is 65.9 Å². The topological polar surface area (TPSA) is 39.3 Å². The van der Waals surface area contributed by atoms with Crippen LogP contribution in [0.2, 0.25) is 0 Å². The number of rotatable bonds is 3. The zero-order valence-electron chi connectivity index (χ0n) is 17.1. The van der Waals surface area contributed by atoms with Crippen molar-refractivity contribution in [3.8, 4) is 0 Å². The summed E-state index contributed by atoms with van der Waals surface area (Å²) in [7, 11) is 0. The van der Waals surface area contributed by atoms with E-state index in [1.54, 1.807) is 0 Å². The molecule has 0 aliphatic carbocycles. The molecule has 1 saturated heterocycles. The lowest BCUT2D eigenvalue weighted by atomic mass is 9.84. The van der Waals surface area contributed by atoms with Crippen LogP contribution < -0.4 is 4.90 Å². The van der Waals surface area contributed by atoms with Gasteiger partial charge in [0.15, 0.2) is 0 Å². The molecule has 1 fully saturated rings. The lowest BCUT2D eigenvalue weighted by Crippen LogP contribution is -2.46. The molecule has 29 heavy (non-hydrogen) atoms. The van der Waals surface area contributed by atoms with E-state index in [-0.39, 0.29) is 5.91 Å². The average molecular weight is 386 g/mol. The van der Waals surface area contributed by atoms with Crippen LogP contribution in [0.5, 0.6) is 0 Å². The van der Waals surface area contributed by atoms with Crippen molar-refractivity contribution >= 4 is 34.1 Å². The van der Waals surface area contributed by atoms with Gasteiger partial charge in [-0.3, -0.25) is 14.6 Å². The van der Waals surface area contributed by atoms with Crippen LogP contribution in [-0.2, 0) is 4.79 Å². The first-order valence-electron chi connectivity index (χ1n) is 10.4. The lowest BCUT2D eigenvalue weighted by Gasteiger charge is -2.39. The van der Waals surface area contributed by atoms with Gasteiger partial charge in [0.25, 0.3) is 5.91 Å². The van der Waals surface area contributed by atoms with Crippen LogP contribution in [0.25, 0.3) is 22.6 Å². The number of piperidine rings is 1. The van der Waals surface area contributed by atoms with Gasteiger partial charge in [-0.1, -0.05) is 50.2 Å². The summed E-state index contributed by atoms with van der Waals surface area (Å²) >= 11 is 0. The molecule has 0 atom stereocenters. The summed E-state index contributed by atoms with van der Waals surface area (Å²) in [5.41, 5.74) is 5.28. The molecule has 3 heterocycles. The number of hydrogen-bond acceptors (Lipinski definition) is 2. The maximum absolute atomic E-state index is 13.5. The number of nitrogens with one attached hydrogen (secondary N) is 1. The van der Waals surface area contributed by atoms with E-state index >= 15 is 0 Å². The normalized spacial score (nSPS) is 20.6. The van der Waals surface area contributed by atoms with Gasteiger partial charge in [0, 0.05) is 40.3 Å². The molecule has 0 bridgehead atoms. The Morgan fingerprint density at radius 3 is 2.76 bits per heavy atom. The summed E-state index contributed by atoms with van der Waals surface area (Å²) in [5, 5.41) is 1.14. The SMILES string of the molecule is CC1(C)CCCN(CN2C(=O)/C(=C/c3c[nH]c4ccccc34)c3ccccc32)C1. The Hall–Kier alpha value is -2.85. The highest BCUT2D eigenvalue weighted by Gasteiger charge is 2.35. The number of fused-ring (bicyclic) bond motifs is 2. The van der Waals surface area contributed by atoms with E-state index in [1.807, 2.05) is 41.4 Å². The van der Waals surface area contributed by atoms with Gasteiger partial charge in [0.1, 0.15) is 0 Å². The van der Waals surface area contributed by atoms with E-state index in [4.69, 9.17) is 0 Å². The van der Waals surface area contributed by atoms with Gasteiger partial charge in [0.2, 0.25) is 0 Å². The summed E-state index contributed by atoms with van der Waals surface area (Å²) in [6.45, 7) is 7.38. The number of anilines is 1. The zero-order valence-corrected chi connectivity index (χ0v) is 17.1. The fourth-order valence-electron chi connectivity index (χ4n) is 4.82. The first kappa shape index (κ1) is 18.2. The largest absolute Gasteiger partial charge is 0.361 e.